The van der Waals surface area contributed by atoms with Crippen LogP contribution >= 0.6 is 15.9 Å². The third kappa shape index (κ3) is 6.15. The van der Waals surface area contributed by atoms with E-state index in [0.29, 0.717) is 27.8 Å². The first-order valence-corrected chi connectivity index (χ1v) is 10.7. The zero-order valence-electron chi connectivity index (χ0n) is 17.4. The molecule has 7 heteroatoms. The minimum absolute atomic E-state index is 0.0194. The maximum Gasteiger partial charge on any atom is 0.266 e. The van der Waals surface area contributed by atoms with Crippen LogP contribution in [0.2, 0.25) is 0 Å². The number of carbonyl (C=O) groups is 1. The molecule has 4 nitrogen and oxygen atoms in total. The van der Waals surface area contributed by atoms with E-state index >= 15 is 0 Å². The predicted octanol–water partition coefficient (Wildman–Crippen LogP) is 6.58. The van der Waals surface area contributed by atoms with Crippen molar-refractivity contribution in [3.05, 3.63) is 112 Å². The number of nitrogens with one attached hydrogen (secondary N) is 1. The van der Waals surface area contributed by atoms with Crippen LogP contribution in [0, 0.1) is 23.0 Å². The largest absolute Gasteiger partial charge is 0.487 e. The molecule has 166 valence electrons. The highest BCUT2D eigenvalue weighted by Crippen LogP contribution is 2.33. The van der Waals surface area contributed by atoms with Crippen molar-refractivity contribution in [3.8, 4) is 11.8 Å². The van der Waals surface area contributed by atoms with Gasteiger partial charge in [0.2, 0.25) is 0 Å². The highest BCUT2D eigenvalue weighted by molar-refractivity contribution is 9.10. The molecule has 0 radical (unpaired) electrons. The molecule has 0 saturated carbocycles. The van der Waals surface area contributed by atoms with Crippen molar-refractivity contribution in [2.45, 2.75) is 13.0 Å². The lowest BCUT2D eigenvalue weighted by atomic mass is 10.0. The van der Waals surface area contributed by atoms with Gasteiger partial charge in [0.25, 0.3) is 5.91 Å². The Bertz CT molecular complexity index is 1270. The average molecular weight is 509 g/mol. The van der Waals surface area contributed by atoms with E-state index < -0.39 is 11.7 Å². The summed E-state index contributed by atoms with van der Waals surface area (Å²) in [5, 5.41) is 11.9. The van der Waals surface area contributed by atoms with Gasteiger partial charge in [0, 0.05) is 5.56 Å². The van der Waals surface area contributed by atoms with E-state index in [1.807, 2.05) is 6.07 Å². The number of rotatable bonds is 8. The second-order valence-corrected chi connectivity index (χ2v) is 7.82. The molecule has 0 spiro atoms. The van der Waals surface area contributed by atoms with Crippen molar-refractivity contribution in [1.29, 1.82) is 5.26 Å². The first kappa shape index (κ1) is 23.9. The van der Waals surface area contributed by atoms with Gasteiger partial charge in [0.1, 0.15) is 35.6 Å². The quantitative estimate of drug-likeness (QED) is 0.212. The fourth-order valence-corrected chi connectivity index (χ4v) is 3.69. The fourth-order valence-electron chi connectivity index (χ4n) is 3.06. The molecule has 1 N–H and O–H groups in total. The van der Waals surface area contributed by atoms with Crippen molar-refractivity contribution < 1.29 is 18.3 Å². The maximum atomic E-state index is 13.9. The van der Waals surface area contributed by atoms with Gasteiger partial charge in [-0.1, -0.05) is 36.4 Å². The first-order valence-electron chi connectivity index (χ1n) is 9.90. The summed E-state index contributed by atoms with van der Waals surface area (Å²) in [5.41, 5.74) is 1.48. The zero-order chi connectivity index (χ0) is 23.8. The van der Waals surface area contributed by atoms with E-state index in [1.165, 1.54) is 30.3 Å². The number of nitrogens with zero attached hydrogens (tertiary/aromatic N) is 1. The molecular formula is C26H19BrF2N2O2. The minimum Gasteiger partial charge on any atom is -0.487 e. The van der Waals surface area contributed by atoms with Crippen LogP contribution in [0.5, 0.6) is 5.75 Å². The Morgan fingerprint density at radius 2 is 1.79 bits per heavy atom. The van der Waals surface area contributed by atoms with Gasteiger partial charge in [-0.05, 0) is 69.9 Å². The number of nitriles is 1. The Kier molecular flexibility index (Phi) is 8.11. The lowest BCUT2D eigenvalue weighted by Gasteiger charge is -2.14. The van der Waals surface area contributed by atoms with Crippen LogP contribution in [0.15, 0.2) is 83.4 Å². The van der Waals surface area contributed by atoms with Crippen molar-refractivity contribution in [2.24, 2.45) is 0 Å². The molecule has 0 unspecified atom stereocenters. The van der Waals surface area contributed by atoms with Gasteiger partial charge in [-0.25, -0.2) is 8.78 Å². The summed E-state index contributed by atoms with van der Waals surface area (Å²) in [6, 6.07) is 17.3. The Hall–Kier alpha value is -3.76. The van der Waals surface area contributed by atoms with Crippen LogP contribution in [-0.4, -0.2) is 5.91 Å². The molecular weight excluding hydrogens is 490 g/mol. The number of para-hydroxylation sites is 1. The molecule has 0 fully saturated rings. The van der Waals surface area contributed by atoms with Crippen LogP contribution in [-0.2, 0) is 17.8 Å². The van der Waals surface area contributed by atoms with Gasteiger partial charge in [0.05, 0.1) is 10.2 Å². The number of halogens is 3. The van der Waals surface area contributed by atoms with Crippen LogP contribution in [0.3, 0.4) is 0 Å². The molecule has 0 aromatic heterocycles. The molecule has 3 aromatic rings. The molecule has 0 atom stereocenters. The molecule has 0 aliphatic rings. The molecule has 0 aliphatic carbocycles. The monoisotopic (exact) mass is 508 g/mol. The van der Waals surface area contributed by atoms with Crippen molar-refractivity contribution in [3.63, 3.8) is 0 Å². The predicted molar refractivity (Wildman–Crippen MR) is 127 cm³/mol. The number of amides is 1. The topological polar surface area (TPSA) is 62.1 Å². The summed E-state index contributed by atoms with van der Waals surface area (Å²) in [4.78, 5) is 12.5. The fraction of sp³-hybridized carbons (Fsp3) is 0.0769. The number of hydrogen-bond acceptors (Lipinski definition) is 3. The van der Waals surface area contributed by atoms with Crippen LogP contribution in [0.4, 0.5) is 14.5 Å². The molecule has 0 bridgehead atoms. The van der Waals surface area contributed by atoms with E-state index in [9.17, 15) is 18.8 Å². The van der Waals surface area contributed by atoms with Crippen molar-refractivity contribution >= 4 is 33.6 Å². The smallest absolute Gasteiger partial charge is 0.266 e. The normalized spacial score (nSPS) is 10.9. The first-order chi connectivity index (χ1) is 15.9. The lowest BCUT2D eigenvalue weighted by Crippen LogP contribution is -2.14. The zero-order valence-corrected chi connectivity index (χ0v) is 19.0. The van der Waals surface area contributed by atoms with E-state index in [4.69, 9.17) is 4.74 Å². The molecule has 0 heterocycles. The van der Waals surface area contributed by atoms with E-state index in [1.54, 1.807) is 42.5 Å². The van der Waals surface area contributed by atoms with Crippen molar-refractivity contribution in [1.82, 2.24) is 0 Å². The number of ether oxygens (including phenoxy) is 1. The minimum atomic E-state index is -0.733. The summed E-state index contributed by atoms with van der Waals surface area (Å²) in [7, 11) is 0. The number of hydrogen-bond donors (Lipinski definition) is 1. The maximum absolute atomic E-state index is 13.9. The van der Waals surface area contributed by atoms with Gasteiger partial charge in [0.15, 0.2) is 0 Å². The van der Waals surface area contributed by atoms with E-state index in [2.05, 4.69) is 27.8 Å². The molecule has 33 heavy (non-hydrogen) atoms. The van der Waals surface area contributed by atoms with Crippen LogP contribution in [0.25, 0.3) is 6.08 Å². The van der Waals surface area contributed by atoms with E-state index in [-0.39, 0.29) is 23.7 Å². The Morgan fingerprint density at radius 3 is 2.45 bits per heavy atom. The van der Waals surface area contributed by atoms with Gasteiger partial charge < -0.3 is 10.1 Å². The molecule has 3 rings (SSSR count). The van der Waals surface area contributed by atoms with Crippen LogP contribution < -0.4 is 10.1 Å². The number of benzene rings is 3. The molecule has 0 aliphatic heterocycles. The summed E-state index contributed by atoms with van der Waals surface area (Å²) in [5.74, 6) is -1.19. The molecule has 3 aromatic carbocycles. The van der Waals surface area contributed by atoms with Crippen LogP contribution in [0.1, 0.15) is 16.7 Å². The highest BCUT2D eigenvalue weighted by Gasteiger charge is 2.15. The SMILES string of the molecule is C=CCc1cc(/C=C(/C#N)C(=O)Nc2ccccc2F)cc(Br)c1OCc1ccccc1F. The Balaban J connectivity index is 1.87. The second kappa shape index (κ2) is 11.2. The highest BCUT2D eigenvalue weighted by atomic mass is 79.9. The molecule has 1 amide bonds. The van der Waals surface area contributed by atoms with Gasteiger partial charge in [-0.2, -0.15) is 5.26 Å². The third-order valence-electron chi connectivity index (χ3n) is 4.64. The average Bonchev–Trinajstić information content (AvgIpc) is 2.79. The number of carbonyl (C=O) groups excluding carboxylic acids is 1. The number of anilines is 1. The van der Waals surface area contributed by atoms with Gasteiger partial charge >= 0.3 is 0 Å². The summed E-state index contributed by atoms with van der Waals surface area (Å²) in [6.07, 6.45) is 3.52. The van der Waals surface area contributed by atoms with Gasteiger partial charge in [-0.3, -0.25) is 4.79 Å². The molecule has 0 saturated heterocycles. The van der Waals surface area contributed by atoms with Crippen molar-refractivity contribution in [2.75, 3.05) is 5.32 Å². The van der Waals surface area contributed by atoms with Gasteiger partial charge in [-0.15, -0.1) is 6.58 Å². The van der Waals surface area contributed by atoms with E-state index in [0.717, 1.165) is 5.56 Å². The summed E-state index contributed by atoms with van der Waals surface area (Å²) >= 11 is 3.46. The Labute approximate surface area is 199 Å². The summed E-state index contributed by atoms with van der Waals surface area (Å²) in [6.45, 7) is 3.78. The second-order valence-electron chi connectivity index (χ2n) is 6.97. The standard InChI is InChI=1S/C26H19BrF2N2O2/c1-2-7-18-12-17(13-20(15-30)26(32)31-24-11-6-5-10-23(24)29)14-21(27)25(18)33-16-19-8-3-4-9-22(19)28/h2-6,8-14H,1,7,16H2,(H,31,32)/b20-13-. The summed E-state index contributed by atoms with van der Waals surface area (Å²) < 4.78 is 34.2. The number of allylic oxidation sites excluding steroid dienone is 1. The third-order valence-corrected chi connectivity index (χ3v) is 5.22. The lowest BCUT2D eigenvalue weighted by molar-refractivity contribution is -0.112. The Morgan fingerprint density at radius 1 is 1.09 bits per heavy atom.